The molecule has 2 aliphatic rings. The number of nitrogens with zero attached hydrogens (tertiary/aromatic N) is 3. The first-order chi connectivity index (χ1) is 17.6. The molecule has 0 amide bonds. The van der Waals surface area contributed by atoms with E-state index in [4.69, 9.17) is 20.2 Å². The molecule has 0 bridgehead atoms. The maximum Gasteiger partial charge on any atom is 0.227 e. The van der Waals surface area contributed by atoms with Crippen LogP contribution in [0.3, 0.4) is 0 Å². The molecule has 3 heterocycles. The summed E-state index contributed by atoms with van der Waals surface area (Å²) in [5, 5.41) is 7.06. The quantitative estimate of drug-likeness (QED) is 0.406. The second-order valence-corrected chi connectivity index (χ2v) is 9.73. The van der Waals surface area contributed by atoms with Crippen molar-refractivity contribution < 1.29 is 9.47 Å². The number of nitrogen functional groups attached to an aromatic ring is 1. The number of nitrogens with two attached hydrogens (primary N) is 1. The van der Waals surface area contributed by atoms with Crippen LogP contribution >= 0.6 is 0 Å². The lowest BCUT2D eigenvalue weighted by atomic mass is 10.1. The van der Waals surface area contributed by atoms with Gasteiger partial charge in [0.1, 0.15) is 11.9 Å². The number of ether oxygens (including phenoxy) is 2. The normalized spacial score (nSPS) is 17.7. The van der Waals surface area contributed by atoms with Crippen molar-refractivity contribution in [2.75, 3.05) is 44.4 Å². The Morgan fingerprint density at radius 1 is 1.06 bits per heavy atom. The van der Waals surface area contributed by atoms with Crippen molar-refractivity contribution in [1.82, 2.24) is 20.2 Å². The molecule has 8 heteroatoms. The molecule has 3 aromatic rings. The van der Waals surface area contributed by atoms with Gasteiger partial charge in [0.2, 0.25) is 5.95 Å². The topological polar surface area (TPSA) is 97.6 Å². The number of anilines is 3. The minimum atomic E-state index is 0.150. The molecule has 8 nitrogen and oxygen atoms in total. The summed E-state index contributed by atoms with van der Waals surface area (Å²) in [6.45, 7) is 4.63. The van der Waals surface area contributed by atoms with Crippen LogP contribution in [0.5, 0.6) is 5.75 Å². The minimum Gasteiger partial charge on any atom is -0.488 e. The van der Waals surface area contributed by atoms with Crippen LogP contribution in [-0.4, -0.2) is 60.4 Å². The van der Waals surface area contributed by atoms with Gasteiger partial charge in [0, 0.05) is 42.9 Å². The lowest BCUT2D eigenvalue weighted by Gasteiger charge is -2.29. The van der Waals surface area contributed by atoms with Crippen LogP contribution in [0.25, 0.3) is 11.3 Å². The van der Waals surface area contributed by atoms with E-state index in [0.29, 0.717) is 23.4 Å². The highest BCUT2D eigenvalue weighted by Gasteiger charge is 2.17. The van der Waals surface area contributed by atoms with Gasteiger partial charge in [-0.2, -0.15) is 0 Å². The summed E-state index contributed by atoms with van der Waals surface area (Å²) in [6, 6.07) is 16.7. The van der Waals surface area contributed by atoms with Gasteiger partial charge in [0.05, 0.1) is 24.6 Å². The summed E-state index contributed by atoms with van der Waals surface area (Å²) in [6.07, 6.45) is 6.08. The average Bonchev–Trinajstić information content (AvgIpc) is 2.90. The number of rotatable bonds is 8. The zero-order chi connectivity index (χ0) is 24.7. The molecule has 0 radical (unpaired) electrons. The van der Waals surface area contributed by atoms with Crippen molar-refractivity contribution in [1.29, 1.82) is 0 Å². The van der Waals surface area contributed by atoms with Gasteiger partial charge in [0.25, 0.3) is 0 Å². The van der Waals surface area contributed by atoms with Crippen LogP contribution in [-0.2, 0) is 11.3 Å². The molecule has 2 saturated heterocycles. The van der Waals surface area contributed by atoms with E-state index in [2.05, 4.69) is 45.8 Å². The summed E-state index contributed by atoms with van der Waals surface area (Å²) in [7, 11) is 2.19. The van der Waals surface area contributed by atoms with Gasteiger partial charge in [0.15, 0.2) is 0 Å². The van der Waals surface area contributed by atoms with Crippen molar-refractivity contribution in [3.05, 3.63) is 60.3 Å². The van der Waals surface area contributed by atoms with Gasteiger partial charge in [-0.05, 0) is 74.9 Å². The van der Waals surface area contributed by atoms with E-state index in [9.17, 15) is 0 Å². The number of piperidine rings is 1. The molecular formula is C28H36N6O2. The van der Waals surface area contributed by atoms with E-state index in [-0.39, 0.29) is 6.10 Å². The third kappa shape index (κ3) is 6.51. The van der Waals surface area contributed by atoms with E-state index in [0.717, 1.165) is 62.6 Å². The zero-order valence-electron chi connectivity index (χ0n) is 21.0. The van der Waals surface area contributed by atoms with Gasteiger partial charge >= 0.3 is 0 Å². The Balaban J connectivity index is 1.21. The fourth-order valence-corrected chi connectivity index (χ4v) is 4.73. The fourth-order valence-electron chi connectivity index (χ4n) is 4.73. The zero-order valence-corrected chi connectivity index (χ0v) is 21.0. The minimum absolute atomic E-state index is 0.150. The molecule has 0 unspecified atom stereocenters. The van der Waals surface area contributed by atoms with E-state index in [1.165, 1.54) is 18.4 Å². The third-order valence-electron chi connectivity index (χ3n) is 6.92. The van der Waals surface area contributed by atoms with Crippen molar-refractivity contribution >= 4 is 17.3 Å². The number of hydrogen-bond donors (Lipinski definition) is 3. The summed E-state index contributed by atoms with van der Waals surface area (Å²) in [5.74, 6) is 1.26. The molecule has 0 aliphatic carbocycles. The number of aromatic nitrogens is 2. The summed E-state index contributed by atoms with van der Waals surface area (Å²) in [5.41, 5.74) is 10.9. The Morgan fingerprint density at radius 3 is 2.69 bits per heavy atom. The standard InChI is InChI=1S/C28H36N6O2/c1-34-13-8-22(9-14-34)31-19-20-3-2-4-23(17-20)32-28-30-12-7-26(33-28)21-5-6-27(25(29)18-21)36-24-10-15-35-16-11-24/h2-7,12,17-18,22,24,31H,8-11,13-16,19,29H2,1H3,(H,30,32,33). The van der Waals surface area contributed by atoms with Crippen molar-refractivity contribution in [2.45, 2.75) is 44.4 Å². The van der Waals surface area contributed by atoms with E-state index >= 15 is 0 Å². The van der Waals surface area contributed by atoms with Crippen LogP contribution in [0.1, 0.15) is 31.2 Å². The highest BCUT2D eigenvalue weighted by molar-refractivity contribution is 5.69. The Morgan fingerprint density at radius 2 is 1.89 bits per heavy atom. The van der Waals surface area contributed by atoms with E-state index < -0.39 is 0 Å². The van der Waals surface area contributed by atoms with Gasteiger partial charge in [-0.25, -0.2) is 9.97 Å². The van der Waals surface area contributed by atoms with Crippen LogP contribution in [0.2, 0.25) is 0 Å². The predicted octanol–water partition coefficient (Wildman–Crippen LogP) is 4.21. The molecule has 1 aromatic heterocycles. The van der Waals surface area contributed by atoms with Crippen LogP contribution in [0.4, 0.5) is 17.3 Å². The number of benzene rings is 2. The maximum absolute atomic E-state index is 6.32. The average molecular weight is 489 g/mol. The lowest BCUT2D eigenvalue weighted by molar-refractivity contribution is 0.0259. The highest BCUT2D eigenvalue weighted by atomic mass is 16.5. The number of likely N-dealkylation sites (tertiary alicyclic amines) is 1. The molecule has 190 valence electrons. The second kappa shape index (κ2) is 11.7. The Hall–Kier alpha value is -3.20. The van der Waals surface area contributed by atoms with Gasteiger partial charge < -0.3 is 30.7 Å². The largest absolute Gasteiger partial charge is 0.488 e. The van der Waals surface area contributed by atoms with Crippen molar-refractivity contribution in [3.8, 4) is 17.0 Å². The number of nitrogens with one attached hydrogen (secondary N) is 2. The van der Waals surface area contributed by atoms with Crippen LogP contribution in [0, 0.1) is 0 Å². The molecule has 36 heavy (non-hydrogen) atoms. The summed E-state index contributed by atoms with van der Waals surface area (Å²) in [4.78, 5) is 11.5. The first-order valence-corrected chi connectivity index (χ1v) is 12.9. The molecule has 2 aromatic carbocycles. The highest BCUT2D eigenvalue weighted by Crippen LogP contribution is 2.30. The Bertz CT molecular complexity index is 1140. The summed E-state index contributed by atoms with van der Waals surface area (Å²) >= 11 is 0. The third-order valence-corrected chi connectivity index (χ3v) is 6.92. The van der Waals surface area contributed by atoms with Gasteiger partial charge in [-0.15, -0.1) is 0 Å². The van der Waals surface area contributed by atoms with Gasteiger partial charge in [-0.1, -0.05) is 12.1 Å². The van der Waals surface area contributed by atoms with E-state index in [1.54, 1.807) is 6.20 Å². The molecule has 0 saturated carbocycles. The first kappa shape index (κ1) is 24.5. The van der Waals surface area contributed by atoms with Crippen LogP contribution < -0.4 is 21.1 Å². The molecule has 0 spiro atoms. The van der Waals surface area contributed by atoms with E-state index in [1.807, 2.05) is 30.3 Å². The molecule has 0 atom stereocenters. The molecular weight excluding hydrogens is 452 g/mol. The maximum atomic E-state index is 6.32. The Labute approximate surface area is 213 Å². The second-order valence-electron chi connectivity index (χ2n) is 9.73. The molecule has 4 N–H and O–H groups in total. The number of hydrogen-bond acceptors (Lipinski definition) is 8. The lowest BCUT2D eigenvalue weighted by Crippen LogP contribution is -2.40. The van der Waals surface area contributed by atoms with Crippen LogP contribution in [0.15, 0.2) is 54.7 Å². The summed E-state index contributed by atoms with van der Waals surface area (Å²) < 4.78 is 11.5. The monoisotopic (exact) mass is 488 g/mol. The van der Waals surface area contributed by atoms with Crippen molar-refractivity contribution in [3.63, 3.8) is 0 Å². The SMILES string of the molecule is CN1CCC(NCc2cccc(Nc3nccc(-c4ccc(OC5CCOCC5)c(N)c4)n3)c2)CC1. The molecule has 5 rings (SSSR count). The van der Waals surface area contributed by atoms with Crippen molar-refractivity contribution in [2.24, 2.45) is 0 Å². The fraction of sp³-hybridized carbons (Fsp3) is 0.429. The Kier molecular flexibility index (Phi) is 7.95. The molecule has 2 aliphatic heterocycles. The predicted molar refractivity (Wildman–Crippen MR) is 143 cm³/mol. The first-order valence-electron chi connectivity index (χ1n) is 12.9. The smallest absolute Gasteiger partial charge is 0.227 e. The van der Waals surface area contributed by atoms with Gasteiger partial charge in [-0.3, -0.25) is 0 Å². The molecule has 2 fully saturated rings.